The first kappa shape index (κ1) is 37.1. The van der Waals surface area contributed by atoms with Crippen molar-refractivity contribution in [2.75, 3.05) is 13.2 Å². The molecule has 0 saturated carbocycles. The van der Waals surface area contributed by atoms with Crippen molar-refractivity contribution >= 4 is 11.9 Å². The van der Waals surface area contributed by atoms with E-state index in [9.17, 15) is 14.7 Å². The third kappa shape index (κ3) is 23.3. The highest BCUT2D eigenvalue weighted by Crippen LogP contribution is 2.29. The number of carbonyl (C=O) groups excluding carboxylic acids is 2. The van der Waals surface area contributed by atoms with E-state index in [-0.39, 0.29) is 31.6 Å². The van der Waals surface area contributed by atoms with Crippen LogP contribution >= 0.6 is 0 Å². The monoisotopic (exact) mass is 576 g/mol. The Bertz CT molecular complexity index is 728. The van der Waals surface area contributed by atoms with E-state index in [2.05, 4.69) is 50.3 Å². The number of epoxide rings is 1. The Morgan fingerprint density at radius 3 is 1.90 bits per heavy atom. The van der Waals surface area contributed by atoms with Crippen molar-refractivity contribution in [3.63, 3.8) is 0 Å². The fourth-order valence-electron chi connectivity index (χ4n) is 4.64. The second-order valence-electron chi connectivity index (χ2n) is 11.3. The van der Waals surface area contributed by atoms with Crippen molar-refractivity contribution in [1.82, 2.24) is 0 Å². The third-order valence-electron chi connectivity index (χ3n) is 7.34. The SMILES string of the molecule is CCCCC/C=C\CC1OC1C/C=C\C/C=C\CCCC(=O)O[C@@H](CO)COC(=O)CCCCCCCCCCC. The summed E-state index contributed by atoms with van der Waals surface area (Å²) in [7, 11) is 0. The van der Waals surface area contributed by atoms with Crippen LogP contribution in [-0.4, -0.2) is 48.6 Å². The van der Waals surface area contributed by atoms with Crippen molar-refractivity contribution in [1.29, 1.82) is 0 Å². The van der Waals surface area contributed by atoms with E-state index >= 15 is 0 Å². The summed E-state index contributed by atoms with van der Waals surface area (Å²) in [5, 5.41) is 9.48. The fourth-order valence-corrected chi connectivity index (χ4v) is 4.64. The summed E-state index contributed by atoms with van der Waals surface area (Å²) in [6.45, 7) is 4.01. The highest BCUT2D eigenvalue weighted by Gasteiger charge is 2.35. The normalized spacial score (nSPS) is 17.5. The minimum absolute atomic E-state index is 0.0901. The van der Waals surface area contributed by atoms with E-state index in [0.29, 0.717) is 25.0 Å². The minimum atomic E-state index is -0.799. The van der Waals surface area contributed by atoms with E-state index < -0.39 is 6.10 Å². The van der Waals surface area contributed by atoms with Gasteiger partial charge in [0.05, 0.1) is 18.8 Å². The van der Waals surface area contributed by atoms with Gasteiger partial charge in [0.15, 0.2) is 6.10 Å². The zero-order chi connectivity index (χ0) is 29.8. The van der Waals surface area contributed by atoms with Crippen LogP contribution in [0.3, 0.4) is 0 Å². The standard InChI is InChI=1S/C35H60O6/c1-3-5-7-9-11-12-15-19-23-27-34(37)39-30-31(29-36)40-35(38)28-24-20-16-13-14-18-22-26-33-32(41-33)25-21-17-10-8-6-4-2/h13,16-18,21-22,31-33,36H,3-12,14-15,19-20,23-30H2,1-2H3/b16-13-,21-17-,22-18-/t31-,32?,33?/m0/s1. The molecule has 41 heavy (non-hydrogen) atoms. The molecule has 1 rings (SSSR count). The van der Waals surface area contributed by atoms with Gasteiger partial charge in [0.25, 0.3) is 0 Å². The molecule has 0 aromatic rings. The zero-order valence-corrected chi connectivity index (χ0v) is 26.2. The molecular formula is C35H60O6. The van der Waals surface area contributed by atoms with Crippen molar-refractivity contribution in [3.8, 4) is 0 Å². The molecule has 6 heteroatoms. The van der Waals surface area contributed by atoms with Gasteiger partial charge in [-0.2, -0.15) is 0 Å². The number of aliphatic hydroxyl groups excluding tert-OH is 1. The number of carbonyl (C=O) groups is 2. The van der Waals surface area contributed by atoms with Crippen molar-refractivity contribution in [3.05, 3.63) is 36.5 Å². The van der Waals surface area contributed by atoms with Gasteiger partial charge in [0.2, 0.25) is 0 Å². The maximum absolute atomic E-state index is 12.1. The summed E-state index contributed by atoms with van der Waals surface area (Å²) >= 11 is 0. The molecule has 0 aromatic carbocycles. The number of hydrogen-bond acceptors (Lipinski definition) is 6. The van der Waals surface area contributed by atoms with E-state index in [0.717, 1.165) is 44.9 Å². The number of esters is 2. The first-order valence-electron chi connectivity index (χ1n) is 16.7. The molecule has 236 valence electrons. The highest BCUT2D eigenvalue weighted by molar-refractivity contribution is 5.70. The second-order valence-corrected chi connectivity index (χ2v) is 11.3. The van der Waals surface area contributed by atoms with Crippen LogP contribution in [0.2, 0.25) is 0 Å². The Labute approximate surface area is 251 Å². The van der Waals surface area contributed by atoms with Gasteiger partial charge in [-0.25, -0.2) is 0 Å². The number of allylic oxidation sites excluding steroid dienone is 4. The summed E-state index contributed by atoms with van der Waals surface area (Å²) in [6.07, 6.45) is 33.8. The molecule has 0 amide bonds. The lowest BCUT2D eigenvalue weighted by molar-refractivity contribution is -0.161. The zero-order valence-electron chi connectivity index (χ0n) is 26.2. The van der Waals surface area contributed by atoms with Gasteiger partial charge < -0.3 is 19.3 Å². The molecule has 1 heterocycles. The number of hydrogen-bond donors (Lipinski definition) is 1. The Morgan fingerprint density at radius 1 is 0.683 bits per heavy atom. The van der Waals surface area contributed by atoms with Gasteiger partial charge in [-0.1, -0.05) is 115 Å². The maximum atomic E-state index is 12.1. The van der Waals surface area contributed by atoms with Gasteiger partial charge in [0.1, 0.15) is 6.61 Å². The fraction of sp³-hybridized carbons (Fsp3) is 0.771. The number of rotatable bonds is 28. The van der Waals surface area contributed by atoms with Gasteiger partial charge in [0, 0.05) is 12.8 Å². The lowest BCUT2D eigenvalue weighted by Gasteiger charge is -2.15. The Balaban J connectivity index is 1.98. The molecule has 0 radical (unpaired) electrons. The highest BCUT2D eigenvalue weighted by atomic mass is 16.6. The van der Waals surface area contributed by atoms with Crippen molar-refractivity contribution in [2.24, 2.45) is 0 Å². The summed E-state index contributed by atoms with van der Waals surface area (Å²) < 4.78 is 16.2. The largest absolute Gasteiger partial charge is 0.462 e. The van der Waals surface area contributed by atoms with Crippen LogP contribution in [0, 0.1) is 0 Å². The smallest absolute Gasteiger partial charge is 0.306 e. The Kier molecular flexibility index (Phi) is 24.4. The van der Waals surface area contributed by atoms with Crippen molar-refractivity contribution in [2.45, 2.75) is 161 Å². The summed E-state index contributed by atoms with van der Waals surface area (Å²) in [5.41, 5.74) is 0. The number of unbranched alkanes of at least 4 members (excludes halogenated alkanes) is 12. The lowest BCUT2D eigenvalue weighted by atomic mass is 10.1. The maximum Gasteiger partial charge on any atom is 0.306 e. The average molecular weight is 577 g/mol. The average Bonchev–Trinajstić information content (AvgIpc) is 3.73. The molecule has 0 aromatic heterocycles. The molecule has 1 aliphatic rings. The van der Waals surface area contributed by atoms with Gasteiger partial charge in [-0.3, -0.25) is 9.59 Å². The molecule has 0 spiro atoms. The molecule has 0 bridgehead atoms. The predicted molar refractivity (Wildman–Crippen MR) is 168 cm³/mol. The van der Waals surface area contributed by atoms with E-state index in [4.69, 9.17) is 14.2 Å². The van der Waals surface area contributed by atoms with Crippen LogP contribution in [0.15, 0.2) is 36.5 Å². The summed E-state index contributed by atoms with van der Waals surface area (Å²) in [6, 6.07) is 0. The molecular weight excluding hydrogens is 516 g/mol. The molecule has 0 aliphatic carbocycles. The lowest BCUT2D eigenvalue weighted by Crippen LogP contribution is -2.28. The predicted octanol–water partition coefficient (Wildman–Crippen LogP) is 8.71. The van der Waals surface area contributed by atoms with Gasteiger partial charge in [-0.05, 0) is 51.4 Å². The first-order valence-corrected chi connectivity index (χ1v) is 16.7. The molecule has 2 unspecified atom stereocenters. The quantitative estimate of drug-likeness (QED) is 0.0434. The van der Waals surface area contributed by atoms with E-state index in [1.807, 2.05) is 0 Å². The number of aliphatic hydroxyl groups is 1. The molecule has 1 saturated heterocycles. The number of ether oxygens (including phenoxy) is 3. The van der Waals surface area contributed by atoms with Crippen LogP contribution in [0.4, 0.5) is 0 Å². The topological polar surface area (TPSA) is 85.4 Å². The van der Waals surface area contributed by atoms with Gasteiger partial charge in [-0.15, -0.1) is 0 Å². The van der Waals surface area contributed by atoms with Crippen LogP contribution < -0.4 is 0 Å². The molecule has 6 nitrogen and oxygen atoms in total. The first-order chi connectivity index (χ1) is 20.1. The van der Waals surface area contributed by atoms with E-state index in [1.165, 1.54) is 64.2 Å². The third-order valence-corrected chi connectivity index (χ3v) is 7.34. The van der Waals surface area contributed by atoms with Crippen LogP contribution in [0.1, 0.15) is 142 Å². The molecule has 1 aliphatic heterocycles. The van der Waals surface area contributed by atoms with Crippen LogP contribution in [0.25, 0.3) is 0 Å². The van der Waals surface area contributed by atoms with Crippen LogP contribution in [0.5, 0.6) is 0 Å². The van der Waals surface area contributed by atoms with Gasteiger partial charge >= 0.3 is 11.9 Å². The Morgan fingerprint density at radius 2 is 1.22 bits per heavy atom. The summed E-state index contributed by atoms with van der Waals surface area (Å²) in [4.78, 5) is 24.0. The van der Waals surface area contributed by atoms with E-state index in [1.54, 1.807) is 0 Å². The van der Waals surface area contributed by atoms with Crippen LogP contribution in [-0.2, 0) is 23.8 Å². The van der Waals surface area contributed by atoms with Crippen molar-refractivity contribution < 1.29 is 28.9 Å². The molecule has 1 N–H and O–H groups in total. The molecule has 1 fully saturated rings. The molecule has 3 atom stereocenters. The minimum Gasteiger partial charge on any atom is -0.462 e. The second kappa shape index (κ2) is 26.9. The Hall–Kier alpha value is -1.92. The summed E-state index contributed by atoms with van der Waals surface area (Å²) in [5.74, 6) is -0.668.